The molecule has 0 fully saturated rings. The monoisotopic (exact) mass is 307 g/mol. The molecule has 0 aliphatic rings. The van der Waals surface area contributed by atoms with E-state index in [9.17, 15) is 0 Å². The highest BCUT2D eigenvalue weighted by molar-refractivity contribution is 6.04. The van der Waals surface area contributed by atoms with Crippen LogP contribution >= 0.6 is 0 Å². The minimum atomic E-state index is 0.873. The topological polar surface area (TPSA) is 38.7 Å². The third-order valence-electron chi connectivity index (χ3n) is 4.35. The van der Waals surface area contributed by atoms with E-state index < -0.39 is 0 Å². The van der Waals surface area contributed by atoms with Crippen LogP contribution in [0, 0.1) is 0 Å². The lowest BCUT2D eigenvalue weighted by molar-refractivity contribution is 1.30. The normalized spacial score (nSPS) is 11.3. The Morgan fingerprint density at radius 2 is 1.33 bits per heavy atom. The van der Waals surface area contributed by atoms with Crippen LogP contribution in [-0.4, -0.2) is 15.0 Å². The van der Waals surface area contributed by atoms with Crippen LogP contribution in [0.2, 0.25) is 0 Å². The fraction of sp³-hybridized carbons (Fsp3) is 0. The summed E-state index contributed by atoms with van der Waals surface area (Å²) in [6, 6.07) is 22.6. The standard InChI is InChI=1S/C21H13N3/c1-2-6-17-14(4-1)11-13-23-21(17)18-10-9-16-8-7-15-5-3-12-22-19(15)20(16)24-18/h1-13H. The van der Waals surface area contributed by atoms with Crippen LogP contribution in [0.3, 0.4) is 0 Å². The van der Waals surface area contributed by atoms with Gasteiger partial charge in [0.15, 0.2) is 0 Å². The van der Waals surface area contributed by atoms with E-state index in [0.29, 0.717) is 0 Å². The molecule has 0 atom stereocenters. The number of benzene rings is 2. The third kappa shape index (κ3) is 1.95. The molecule has 0 saturated heterocycles. The lowest BCUT2D eigenvalue weighted by atomic mass is 10.1. The summed E-state index contributed by atoms with van der Waals surface area (Å²) in [5.41, 5.74) is 3.62. The molecule has 0 radical (unpaired) electrons. The van der Waals surface area contributed by atoms with Crippen LogP contribution < -0.4 is 0 Å². The van der Waals surface area contributed by atoms with Gasteiger partial charge in [-0.1, -0.05) is 48.5 Å². The number of rotatable bonds is 1. The Hall–Kier alpha value is -3.33. The zero-order chi connectivity index (χ0) is 15.9. The van der Waals surface area contributed by atoms with Crippen LogP contribution in [0.5, 0.6) is 0 Å². The summed E-state index contributed by atoms with van der Waals surface area (Å²) in [5, 5.41) is 4.46. The van der Waals surface area contributed by atoms with Gasteiger partial charge in [0.05, 0.1) is 22.4 Å². The van der Waals surface area contributed by atoms with Gasteiger partial charge in [0.2, 0.25) is 0 Å². The van der Waals surface area contributed by atoms with Crippen molar-refractivity contribution in [3.05, 3.63) is 79.1 Å². The number of hydrogen-bond acceptors (Lipinski definition) is 3. The Labute approximate surface area is 138 Å². The largest absolute Gasteiger partial charge is 0.254 e. The van der Waals surface area contributed by atoms with Gasteiger partial charge in [-0.25, -0.2) is 4.98 Å². The van der Waals surface area contributed by atoms with Gasteiger partial charge >= 0.3 is 0 Å². The SMILES string of the molecule is c1ccc2c(-c3ccc4ccc5cccnc5c4n3)nccc2c1. The van der Waals surface area contributed by atoms with Gasteiger partial charge in [0, 0.05) is 28.6 Å². The lowest BCUT2D eigenvalue weighted by Crippen LogP contribution is -1.91. The van der Waals surface area contributed by atoms with E-state index in [1.807, 2.05) is 42.7 Å². The Morgan fingerprint density at radius 1 is 0.542 bits per heavy atom. The predicted molar refractivity (Wildman–Crippen MR) is 97.8 cm³/mol. The molecule has 0 spiro atoms. The summed E-state index contributed by atoms with van der Waals surface area (Å²) in [6.45, 7) is 0. The molecular weight excluding hydrogens is 294 g/mol. The quantitative estimate of drug-likeness (QED) is 0.409. The first-order chi connectivity index (χ1) is 11.9. The highest BCUT2D eigenvalue weighted by atomic mass is 14.8. The number of hydrogen-bond donors (Lipinski definition) is 0. The Kier molecular flexibility index (Phi) is 2.79. The Bertz CT molecular complexity index is 1210. The Balaban J connectivity index is 1.85. The van der Waals surface area contributed by atoms with Crippen molar-refractivity contribution in [3.63, 3.8) is 0 Å². The van der Waals surface area contributed by atoms with Gasteiger partial charge in [0.25, 0.3) is 0 Å². The molecule has 3 heteroatoms. The fourth-order valence-electron chi connectivity index (χ4n) is 3.18. The molecule has 0 aliphatic heterocycles. The summed E-state index contributed by atoms with van der Waals surface area (Å²) < 4.78 is 0. The van der Waals surface area contributed by atoms with E-state index in [0.717, 1.165) is 38.6 Å². The maximum absolute atomic E-state index is 4.90. The molecule has 24 heavy (non-hydrogen) atoms. The van der Waals surface area contributed by atoms with Crippen molar-refractivity contribution in [1.82, 2.24) is 15.0 Å². The van der Waals surface area contributed by atoms with Crippen LogP contribution in [0.15, 0.2) is 79.1 Å². The molecule has 0 amide bonds. The van der Waals surface area contributed by atoms with Crippen molar-refractivity contribution in [2.75, 3.05) is 0 Å². The lowest BCUT2D eigenvalue weighted by Gasteiger charge is -2.07. The minimum absolute atomic E-state index is 0.873. The molecule has 3 nitrogen and oxygen atoms in total. The number of aromatic nitrogens is 3. The van der Waals surface area contributed by atoms with Gasteiger partial charge in [-0.05, 0) is 23.6 Å². The molecule has 2 aromatic carbocycles. The molecule has 0 aliphatic carbocycles. The highest BCUT2D eigenvalue weighted by Gasteiger charge is 2.09. The van der Waals surface area contributed by atoms with Gasteiger partial charge in [-0.15, -0.1) is 0 Å². The van der Waals surface area contributed by atoms with Crippen LogP contribution in [0.25, 0.3) is 44.0 Å². The number of fused-ring (bicyclic) bond motifs is 4. The van der Waals surface area contributed by atoms with Crippen molar-refractivity contribution in [1.29, 1.82) is 0 Å². The Morgan fingerprint density at radius 3 is 2.29 bits per heavy atom. The molecule has 5 rings (SSSR count). The minimum Gasteiger partial charge on any atom is -0.254 e. The van der Waals surface area contributed by atoms with Crippen molar-refractivity contribution in [2.45, 2.75) is 0 Å². The average Bonchev–Trinajstić information content (AvgIpc) is 2.67. The second-order valence-electron chi connectivity index (χ2n) is 5.79. The summed E-state index contributed by atoms with van der Waals surface area (Å²) in [4.78, 5) is 14.0. The number of nitrogens with zero attached hydrogens (tertiary/aromatic N) is 3. The van der Waals surface area contributed by atoms with E-state index >= 15 is 0 Å². The molecule has 0 N–H and O–H groups in total. The second kappa shape index (κ2) is 5.10. The summed E-state index contributed by atoms with van der Waals surface area (Å²) in [5.74, 6) is 0. The molecule has 3 aromatic heterocycles. The first kappa shape index (κ1) is 13.1. The van der Waals surface area contributed by atoms with Gasteiger partial charge in [0.1, 0.15) is 0 Å². The first-order valence-electron chi connectivity index (χ1n) is 7.89. The molecule has 0 saturated carbocycles. The van der Waals surface area contributed by atoms with Crippen LogP contribution in [0.1, 0.15) is 0 Å². The molecule has 112 valence electrons. The van der Waals surface area contributed by atoms with Gasteiger partial charge in [-0.3, -0.25) is 9.97 Å². The number of pyridine rings is 3. The van der Waals surface area contributed by atoms with E-state index in [1.54, 1.807) is 0 Å². The summed E-state index contributed by atoms with van der Waals surface area (Å²) in [7, 11) is 0. The van der Waals surface area contributed by atoms with Gasteiger partial charge in [-0.2, -0.15) is 0 Å². The molecule has 5 aromatic rings. The smallest absolute Gasteiger partial charge is 0.0972 e. The molecule has 0 unspecified atom stereocenters. The van der Waals surface area contributed by atoms with Crippen molar-refractivity contribution >= 4 is 32.6 Å². The maximum Gasteiger partial charge on any atom is 0.0972 e. The molecule has 3 heterocycles. The average molecular weight is 307 g/mol. The van der Waals surface area contributed by atoms with Crippen molar-refractivity contribution in [3.8, 4) is 11.4 Å². The first-order valence-corrected chi connectivity index (χ1v) is 7.89. The zero-order valence-corrected chi connectivity index (χ0v) is 12.8. The maximum atomic E-state index is 4.90. The molecule has 0 bridgehead atoms. The van der Waals surface area contributed by atoms with Crippen molar-refractivity contribution < 1.29 is 0 Å². The van der Waals surface area contributed by atoms with Crippen molar-refractivity contribution in [2.24, 2.45) is 0 Å². The van der Waals surface area contributed by atoms with Crippen LogP contribution in [-0.2, 0) is 0 Å². The van der Waals surface area contributed by atoms with E-state index in [1.165, 1.54) is 5.39 Å². The predicted octanol–water partition coefficient (Wildman–Crippen LogP) is 5.00. The molecular formula is C21H13N3. The highest BCUT2D eigenvalue weighted by Crippen LogP contribution is 2.28. The second-order valence-corrected chi connectivity index (χ2v) is 5.79. The van der Waals surface area contributed by atoms with E-state index in [4.69, 9.17) is 4.98 Å². The zero-order valence-electron chi connectivity index (χ0n) is 12.8. The summed E-state index contributed by atoms with van der Waals surface area (Å²) in [6.07, 6.45) is 3.65. The third-order valence-corrected chi connectivity index (χ3v) is 4.35. The van der Waals surface area contributed by atoms with E-state index in [2.05, 4.69) is 46.4 Å². The van der Waals surface area contributed by atoms with Gasteiger partial charge < -0.3 is 0 Å². The van der Waals surface area contributed by atoms with E-state index in [-0.39, 0.29) is 0 Å². The summed E-state index contributed by atoms with van der Waals surface area (Å²) >= 11 is 0. The van der Waals surface area contributed by atoms with Crippen LogP contribution in [0.4, 0.5) is 0 Å². The fourth-order valence-corrected chi connectivity index (χ4v) is 3.18.